The molecular weight excluding hydrogens is 285 g/mol. The first-order valence-electron chi connectivity index (χ1n) is 5.21. The first-order chi connectivity index (χ1) is 8.79. The van der Waals surface area contributed by atoms with Crippen LogP contribution in [0.5, 0.6) is 5.75 Å². The number of nitrogens with two attached hydrogens (primary N) is 1. The van der Waals surface area contributed by atoms with Gasteiger partial charge in [-0.25, -0.2) is 0 Å². The van der Waals surface area contributed by atoms with Crippen molar-refractivity contribution in [2.75, 3.05) is 19.8 Å². The SMILES string of the molecule is N=C(N)c1ccc(OCCOCC(F)(F)F)cc1Cl. The molecule has 0 aliphatic carbocycles. The van der Waals surface area contributed by atoms with E-state index >= 15 is 0 Å². The van der Waals surface area contributed by atoms with E-state index in [1.807, 2.05) is 0 Å². The van der Waals surface area contributed by atoms with Gasteiger partial charge >= 0.3 is 6.18 Å². The molecule has 0 spiro atoms. The Hall–Kier alpha value is -1.47. The summed E-state index contributed by atoms with van der Waals surface area (Å²) in [5.74, 6) is 0.190. The van der Waals surface area contributed by atoms with Crippen molar-refractivity contribution in [2.24, 2.45) is 5.73 Å². The molecule has 0 aliphatic heterocycles. The summed E-state index contributed by atoms with van der Waals surface area (Å²) in [6, 6.07) is 4.45. The Balaban J connectivity index is 2.38. The molecule has 4 nitrogen and oxygen atoms in total. The van der Waals surface area contributed by atoms with E-state index in [1.54, 1.807) is 0 Å². The summed E-state index contributed by atoms with van der Waals surface area (Å²) in [5.41, 5.74) is 5.64. The number of hydrogen-bond acceptors (Lipinski definition) is 3. The van der Waals surface area contributed by atoms with Crippen LogP contribution in [-0.4, -0.2) is 31.8 Å². The van der Waals surface area contributed by atoms with Crippen molar-refractivity contribution >= 4 is 17.4 Å². The fourth-order valence-electron chi connectivity index (χ4n) is 1.21. The van der Waals surface area contributed by atoms with E-state index in [4.69, 9.17) is 27.5 Å². The quantitative estimate of drug-likeness (QED) is 0.481. The second kappa shape index (κ2) is 6.63. The monoisotopic (exact) mass is 296 g/mol. The maximum Gasteiger partial charge on any atom is 0.411 e. The number of halogens is 4. The summed E-state index contributed by atoms with van der Waals surface area (Å²) >= 11 is 5.84. The van der Waals surface area contributed by atoms with Gasteiger partial charge in [-0.05, 0) is 18.2 Å². The fourth-order valence-corrected chi connectivity index (χ4v) is 1.48. The van der Waals surface area contributed by atoms with E-state index in [0.29, 0.717) is 11.3 Å². The van der Waals surface area contributed by atoms with Gasteiger partial charge in [0.05, 0.1) is 11.6 Å². The van der Waals surface area contributed by atoms with Crippen LogP contribution in [0.1, 0.15) is 5.56 Å². The number of amidine groups is 1. The van der Waals surface area contributed by atoms with Crippen molar-refractivity contribution in [3.05, 3.63) is 28.8 Å². The van der Waals surface area contributed by atoms with Gasteiger partial charge in [-0.3, -0.25) is 5.41 Å². The van der Waals surface area contributed by atoms with Crippen LogP contribution in [0.25, 0.3) is 0 Å². The minimum absolute atomic E-state index is 0.0359. The van der Waals surface area contributed by atoms with Crippen LogP contribution < -0.4 is 10.5 Å². The molecule has 0 saturated carbocycles. The van der Waals surface area contributed by atoms with Gasteiger partial charge in [0.2, 0.25) is 0 Å². The Bertz CT molecular complexity index is 452. The molecule has 0 fully saturated rings. The highest BCUT2D eigenvalue weighted by Gasteiger charge is 2.27. The number of rotatable bonds is 6. The molecule has 106 valence electrons. The third kappa shape index (κ3) is 5.80. The molecule has 0 heterocycles. The van der Waals surface area contributed by atoms with Gasteiger partial charge in [0.25, 0.3) is 0 Å². The molecule has 3 N–H and O–H groups in total. The standard InChI is InChI=1S/C11H12ClF3N2O2/c12-9-5-7(1-2-8(9)10(16)17)19-4-3-18-6-11(13,14)15/h1-2,5H,3-4,6H2,(H3,16,17). The molecule has 0 saturated heterocycles. The van der Waals surface area contributed by atoms with E-state index in [-0.39, 0.29) is 24.1 Å². The number of nitrogen functional groups attached to an aromatic ring is 1. The van der Waals surface area contributed by atoms with Gasteiger partial charge < -0.3 is 15.2 Å². The Kier molecular flexibility index (Phi) is 5.44. The largest absolute Gasteiger partial charge is 0.491 e. The van der Waals surface area contributed by atoms with Gasteiger partial charge in [0, 0.05) is 5.56 Å². The van der Waals surface area contributed by atoms with Crippen LogP contribution in [0, 0.1) is 5.41 Å². The number of benzene rings is 1. The van der Waals surface area contributed by atoms with Crippen molar-refractivity contribution in [3.63, 3.8) is 0 Å². The number of alkyl halides is 3. The third-order valence-electron chi connectivity index (χ3n) is 1.99. The smallest absolute Gasteiger partial charge is 0.411 e. The van der Waals surface area contributed by atoms with Gasteiger partial charge in [-0.1, -0.05) is 11.6 Å². The highest BCUT2D eigenvalue weighted by Crippen LogP contribution is 2.22. The first kappa shape index (κ1) is 15.6. The third-order valence-corrected chi connectivity index (χ3v) is 2.31. The second-order valence-electron chi connectivity index (χ2n) is 3.57. The Labute approximate surface area is 112 Å². The average Bonchev–Trinajstić information content (AvgIpc) is 2.26. The topological polar surface area (TPSA) is 68.3 Å². The number of nitrogens with one attached hydrogen (secondary N) is 1. The summed E-state index contributed by atoms with van der Waals surface area (Å²) in [6.45, 7) is -1.53. The van der Waals surface area contributed by atoms with Crippen molar-refractivity contribution in [2.45, 2.75) is 6.18 Å². The maximum atomic E-state index is 11.8. The molecular formula is C11H12ClF3N2O2. The van der Waals surface area contributed by atoms with Crippen LogP contribution >= 0.6 is 11.6 Å². The molecule has 19 heavy (non-hydrogen) atoms. The molecule has 1 aromatic carbocycles. The average molecular weight is 297 g/mol. The minimum Gasteiger partial charge on any atom is -0.491 e. The van der Waals surface area contributed by atoms with E-state index < -0.39 is 12.8 Å². The van der Waals surface area contributed by atoms with Crippen molar-refractivity contribution in [3.8, 4) is 5.75 Å². The summed E-state index contributed by atoms with van der Waals surface area (Å²) in [6.07, 6.45) is -4.34. The van der Waals surface area contributed by atoms with Crippen LogP contribution in [-0.2, 0) is 4.74 Å². The molecule has 0 radical (unpaired) electrons. The lowest BCUT2D eigenvalue weighted by atomic mass is 10.2. The van der Waals surface area contributed by atoms with Gasteiger partial charge in [0.15, 0.2) is 0 Å². The lowest BCUT2D eigenvalue weighted by Crippen LogP contribution is -2.19. The molecule has 1 rings (SSSR count). The predicted molar refractivity (Wildman–Crippen MR) is 64.8 cm³/mol. The zero-order chi connectivity index (χ0) is 14.5. The summed E-state index contributed by atoms with van der Waals surface area (Å²) in [5, 5.41) is 7.46. The highest BCUT2D eigenvalue weighted by atomic mass is 35.5. The lowest BCUT2D eigenvalue weighted by molar-refractivity contribution is -0.175. The van der Waals surface area contributed by atoms with Crippen LogP contribution in [0.2, 0.25) is 5.02 Å². The fraction of sp³-hybridized carbons (Fsp3) is 0.364. The van der Waals surface area contributed by atoms with Gasteiger partial charge in [0.1, 0.15) is 24.8 Å². The van der Waals surface area contributed by atoms with Crippen molar-refractivity contribution < 1.29 is 22.6 Å². The van der Waals surface area contributed by atoms with E-state index in [0.717, 1.165) is 0 Å². The highest BCUT2D eigenvalue weighted by molar-refractivity contribution is 6.34. The Morgan fingerprint density at radius 2 is 2.00 bits per heavy atom. The van der Waals surface area contributed by atoms with E-state index in [1.165, 1.54) is 18.2 Å². The summed E-state index contributed by atoms with van der Waals surface area (Å²) in [4.78, 5) is 0. The predicted octanol–water partition coefficient (Wildman–Crippen LogP) is 2.58. The van der Waals surface area contributed by atoms with Gasteiger partial charge in [-0.2, -0.15) is 13.2 Å². The molecule has 0 bridgehead atoms. The van der Waals surface area contributed by atoms with Crippen molar-refractivity contribution in [1.29, 1.82) is 5.41 Å². The summed E-state index contributed by atoms with van der Waals surface area (Å²) in [7, 11) is 0. The van der Waals surface area contributed by atoms with Crippen molar-refractivity contribution in [1.82, 2.24) is 0 Å². The molecule has 0 amide bonds. The molecule has 1 aromatic rings. The summed E-state index contributed by atoms with van der Waals surface area (Å²) < 4.78 is 44.8. The Morgan fingerprint density at radius 1 is 1.32 bits per heavy atom. The first-order valence-corrected chi connectivity index (χ1v) is 5.58. The Morgan fingerprint density at radius 3 is 2.53 bits per heavy atom. The number of hydrogen-bond donors (Lipinski definition) is 2. The second-order valence-corrected chi connectivity index (χ2v) is 3.98. The van der Waals surface area contributed by atoms with Crippen LogP contribution in [0.4, 0.5) is 13.2 Å². The lowest BCUT2D eigenvalue weighted by Gasteiger charge is -2.10. The molecule has 0 atom stereocenters. The normalized spacial score (nSPS) is 11.4. The maximum absolute atomic E-state index is 11.8. The van der Waals surface area contributed by atoms with E-state index in [2.05, 4.69) is 4.74 Å². The molecule has 8 heteroatoms. The molecule has 0 unspecified atom stereocenters. The molecule has 0 aliphatic rings. The molecule has 0 aromatic heterocycles. The number of ether oxygens (including phenoxy) is 2. The van der Waals surface area contributed by atoms with E-state index in [9.17, 15) is 13.2 Å². The zero-order valence-corrected chi connectivity index (χ0v) is 10.5. The van der Waals surface area contributed by atoms with Gasteiger partial charge in [-0.15, -0.1) is 0 Å². The van der Waals surface area contributed by atoms with Crippen LogP contribution in [0.3, 0.4) is 0 Å². The minimum atomic E-state index is -4.34. The zero-order valence-electron chi connectivity index (χ0n) is 9.76. The van der Waals surface area contributed by atoms with Crippen LogP contribution in [0.15, 0.2) is 18.2 Å².